The smallest absolute Gasteiger partial charge is 0.340 e. The molecule has 0 radical (unpaired) electrons. The number of nitrogens with one attached hydrogen (secondary N) is 2. The fourth-order valence-electron chi connectivity index (χ4n) is 2.95. The number of amides is 1. The fraction of sp³-hybridized carbons (Fsp3) is 0.353. The molecule has 0 saturated heterocycles. The second kappa shape index (κ2) is 5.87. The van der Waals surface area contributed by atoms with E-state index in [1.807, 2.05) is 32.0 Å². The Morgan fingerprint density at radius 1 is 1.43 bits per heavy atom. The second-order valence-corrected chi connectivity index (χ2v) is 5.74. The zero-order valence-corrected chi connectivity index (χ0v) is 13.4. The number of hydrogen-bond acceptors (Lipinski definition) is 4. The SMILES string of the molecule is CCOC(=O)c1c(C)[nH]c2ccc(C3=NNC(=O)CC3C)cc12. The Morgan fingerprint density at radius 2 is 2.22 bits per heavy atom. The van der Waals surface area contributed by atoms with Crippen molar-refractivity contribution >= 4 is 28.5 Å². The molecule has 1 aromatic heterocycles. The standard InChI is InChI=1S/C17H19N3O3/c1-4-23-17(22)15-10(3)18-13-6-5-11(8-12(13)15)16-9(2)7-14(21)19-20-16/h5-6,8-9,18H,4,7H2,1-3H3,(H,19,21). The van der Waals surface area contributed by atoms with Crippen molar-refractivity contribution in [2.75, 3.05) is 6.61 Å². The van der Waals surface area contributed by atoms with Gasteiger partial charge in [0.15, 0.2) is 0 Å². The van der Waals surface area contributed by atoms with Gasteiger partial charge in [-0.3, -0.25) is 4.79 Å². The quantitative estimate of drug-likeness (QED) is 0.854. The van der Waals surface area contributed by atoms with Gasteiger partial charge in [-0.05, 0) is 31.5 Å². The summed E-state index contributed by atoms with van der Waals surface area (Å²) in [5.74, 6) is -0.375. The third kappa shape index (κ3) is 2.72. The number of benzene rings is 1. The molecule has 1 aliphatic rings. The van der Waals surface area contributed by atoms with Crippen molar-refractivity contribution in [2.24, 2.45) is 11.0 Å². The first-order valence-corrected chi connectivity index (χ1v) is 7.67. The molecule has 2 aromatic rings. The van der Waals surface area contributed by atoms with E-state index in [0.29, 0.717) is 18.6 Å². The number of esters is 1. The molecule has 1 atom stereocenters. The van der Waals surface area contributed by atoms with Gasteiger partial charge in [-0.1, -0.05) is 13.0 Å². The van der Waals surface area contributed by atoms with Crippen molar-refractivity contribution < 1.29 is 14.3 Å². The van der Waals surface area contributed by atoms with Crippen molar-refractivity contribution in [2.45, 2.75) is 27.2 Å². The van der Waals surface area contributed by atoms with Gasteiger partial charge in [0.1, 0.15) is 0 Å². The molecule has 1 unspecified atom stereocenters. The van der Waals surface area contributed by atoms with E-state index in [0.717, 1.165) is 27.9 Å². The lowest BCUT2D eigenvalue weighted by Crippen LogP contribution is -2.31. The number of nitrogens with zero attached hydrogens (tertiary/aromatic N) is 1. The highest BCUT2D eigenvalue weighted by atomic mass is 16.5. The minimum Gasteiger partial charge on any atom is -0.462 e. The van der Waals surface area contributed by atoms with E-state index in [1.54, 1.807) is 6.92 Å². The van der Waals surface area contributed by atoms with Crippen LogP contribution in [-0.2, 0) is 9.53 Å². The third-order valence-electron chi connectivity index (χ3n) is 4.02. The Balaban J connectivity index is 2.09. The van der Waals surface area contributed by atoms with Crippen molar-refractivity contribution in [3.8, 4) is 0 Å². The number of rotatable bonds is 3. The van der Waals surface area contributed by atoms with E-state index in [1.165, 1.54) is 0 Å². The molecule has 0 fully saturated rings. The molecule has 6 heteroatoms. The summed E-state index contributed by atoms with van der Waals surface area (Å²) in [6.45, 7) is 5.94. The largest absolute Gasteiger partial charge is 0.462 e. The molecule has 0 saturated carbocycles. The zero-order valence-electron chi connectivity index (χ0n) is 13.4. The number of aromatic nitrogens is 1. The second-order valence-electron chi connectivity index (χ2n) is 5.74. The molecule has 2 N–H and O–H groups in total. The van der Waals surface area contributed by atoms with Crippen molar-refractivity contribution in [1.82, 2.24) is 10.4 Å². The Hall–Kier alpha value is -2.63. The van der Waals surface area contributed by atoms with Crippen LogP contribution in [-0.4, -0.2) is 29.2 Å². The number of hydrogen-bond donors (Lipinski definition) is 2. The van der Waals surface area contributed by atoms with Crippen LogP contribution in [0.15, 0.2) is 23.3 Å². The summed E-state index contributed by atoms with van der Waals surface area (Å²) in [6, 6.07) is 5.80. The number of hydrazone groups is 1. The first-order valence-electron chi connectivity index (χ1n) is 7.67. The lowest BCUT2D eigenvalue weighted by atomic mass is 9.93. The molecule has 0 spiro atoms. The third-order valence-corrected chi connectivity index (χ3v) is 4.02. The number of fused-ring (bicyclic) bond motifs is 1. The van der Waals surface area contributed by atoms with Gasteiger partial charge in [0.05, 0.1) is 17.9 Å². The maximum Gasteiger partial charge on any atom is 0.340 e. The molecule has 0 bridgehead atoms. The maximum absolute atomic E-state index is 12.2. The monoisotopic (exact) mass is 313 g/mol. The number of carbonyl (C=O) groups is 2. The van der Waals surface area contributed by atoms with Gasteiger partial charge in [0.25, 0.3) is 0 Å². The van der Waals surface area contributed by atoms with Gasteiger partial charge in [-0.25, -0.2) is 10.2 Å². The average Bonchev–Trinajstić information content (AvgIpc) is 2.82. The fourth-order valence-corrected chi connectivity index (χ4v) is 2.95. The molecule has 1 aliphatic heterocycles. The molecule has 0 aliphatic carbocycles. The Kier molecular flexibility index (Phi) is 3.90. The molecule has 1 amide bonds. The first kappa shape index (κ1) is 15.3. The predicted octanol–water partition coefficient (Wildman–Crippen LogP) is 2.51. The highest BCUT2D eigenvalue weighted by Gasteiger charge is 2.23. The van der Waals surface area contributed by atoms with Crippen molar-refractivity contribution in [3.63, 3.8) is 0 Å². The predicted molar refractivity (Wildman–Crippen MR) is 87.5 cm³/mol. The van der Waals surface area contributed by atoms with E-state index in [-0.39, 0.29) is 17.8 Å². The minimum absolute atomic E-state index is 0.0345. The molecule has 120 valence electrons. The summed E-state index contributed by atoms with van der Waals surface area (Å²) in [7, 11) is 0. The molecule has 6 nitrogen and oxygen atoms in total. The molecule has 3 rings (SSSR count). The van der Waals surface area contributed by atoms with Crippen LogP contribution in [0.1, 0.15) is 41.9 Å². The van der Waals surface area contributed by atoms with Crippen LogP contribution in [0.3, 0.4) is 0 Å². The topological polar surface area (TPSA) is 83.6 Å². The van der Waals surface area contributed by atoms with Gasteiger partial charge in [0, 0.05) is 28.9 Å². The number of ether oxygens (including phenoxy) is 1. The van der Waals surface area contributed by atoms with Crippen molar-refractivity contribution in [1.29, 1.82) is 0 Å². The Labute approximate surface area is 133 Å². The summed E-state index contributed by atoms with van der Waals surface area (Å²) in [5.41, 5.74) is 6.45. The summed E-state index contributed by atoms with van der Waals surface area (Å²) in [6.07, 6.45) is 0.410. The van der Waals surface area contributed by atoms with E-state index >= 15 is 0 Å². The van der Waals surface area contributed by atoms with Gasteiger partial charge in [-0.2, -0.15) is 5.10 Å². The summed E-state index contributed by atoms with van der Waals surface area (Å²) in [4.78, 5) is 26.8. The van der Waals surface area contributed by atoms with Gasteiger partial charge >= 0.3 is 5.97 Å². The Bertz CT molecular complexity index is 820. The Morgan fingerprint density at radius 3 is 2.91 bits per heavy atom. The van der Waals surface area contributed by atoms with E-state index < -0.39 is 0 Å². The molecule has 23 heavy (non-hydrogen) atoms. The summed E-state index contributed by atoms with van der Waals surface area (Å²) >= 11 is 0. The van der Waals surface area contributed by atoms with Crippen LogP contribution in [0, 0.1) is 12.8 Å². The summed E-state index contributed by atoms with van der Waals surface area (Å²) < 4.78 is 5.15. The first-order chi connectivity index (χ1) is 11.0. The van der Waals surface area contributed by atoms with E-state index in [2.05, 4.69) is 15.5 Å². The minimum atomic E-state index is -0.333. The van der Waals surface area contributed by atoms with Gasteiger partial charge < -0.3 is 9.72 Å². The number of carbonyl (C=O) groups excluding carboxylic acids is 2. The highest BCUT2D eigenvalue weighted by molar-refractivity contribution is 6.11. The molecule has 1 aromatic carbocycles. The summed E-state index contributed by atoms with van der Waals surface area (Å²) in [5, 5.41) is 4.99. The van der Waals surface area contributed by atoms with E-state index in [9.17, 15) is 9.59 Å². The molecular weight excluding hydrogens is 294 g/mol. The zero-order chi connectivity index (χ0) is 16.6. The number of aryl methyl sites for hydroxylation is 1. The van der Waals surface area contributed by atoms with Crippen LogP contribution in [0.2, 0.25) is 0 Å². The van der Waals surface area contributed by atoms with Gasteiger partial charge in [0.2, 0.25) is 5.91 Å². The van der Waals surface area contributed by atoms with Crippen LogP contribution >= 0.6 is 0 Å². The number of H-pyrrole nitrogens is 1. The van der Waals surface area contributed by atoms with Crippen LogP contribution in [0.4, 0.5) is 0 Å². The highest BCUT2D eigenvalue weighted by Crippen LogP contribution is 2.26. The normalized spacial score (nSPS) is 17.8. The van der Waals surface area contributed by atoms with Crippen LogP contribution < -0.4 is 5.43 Å². The average molecular weight is 313 g/mol. The molecular formula is C17H19N3O3. The lowest BCUT2D eigenvalue weighted by molar-refractivity contribution is -0.121. The van der Waals surface area contributed by atoms with E-state index in [4.69, 9.17) is 4.74 Å². The lowest BCUT2D eigenvalue weighted by Gasteiger charge is -2.19. The number of aromatic amines is 1. The van der Waals surface area contributed by atoms with Crippen molar-refractivity contribution in [3.05, 3.63) is 35.0 Å². The maximum atomic E-state index is 12.2. The van der Waals surface area contributed by atoms with Crippen LogP contribution in [0.25, 0.3) is 10.9 Å². The van der Waals surface area contributed by atoms with Gasteiger partial charge in [-0.15, -0.1) is 0 Å². The molecule has 2 heterocycles. The van der Waals surface area contributed by atoms with Crippen LogP contribution in [0.5, 0.6) is 0 Å².